The number of unbranched alkanes of at least 4 members (excludes halogenated alkanes) is 1. The summed E-state index contributed by atoms with van der Waals surface area (Å²) in [6, 6.07) is 8.55. The van der Waals surface area contributed by atoms with Crippen molar-refractivity contribution in [3.8, 4) is 11.5 Å². The predicted octanol–water partition coefficient (Wildman–Crippen LogP) is 2.95. The summed E-state index contributed by atoms with van der Waals surface area (Å²) in [6.07, 6.45) is 2.05. The molecule has 0 unspecified atom stereocenters. The molecule has 6 nitrogen and oxygen atoms in total. The molecule has 1 amide bonds. The normalized spacial score (nSPS) is 11.9. The molecule has 1 aromatic carbocycles. The zero-order valence-corrected chi connectivity index (χ0v) is 13.9. The van der Waals surface area contributed by atoms with E-state index in [9.17, 15) is 14.7 Å². The van der Waals surface area contributed by atoms with Gasteiger partial charge in [-0.1, -0.05) is 38.0 Å². The standard InChI is InChI=1S/C18H22N2O4/c1-3-4-10-14(18(22)23)19-16(21)11-15-12(2)24-17(20-15)13-8-6-5-7-9-13/h5-9,14H,3-4,10-11H2,1-2H3,(H,19,21)(H,22,23)/t14-/m0/s1. The molecule has 0 bridgehead atoms. The molecule has 0 aliphatic rings. The number of benzene rings is 1. The number of hydrogen-bond acceptors (Lipinski definition) is 4. The first-order valence-electron chi connectivity index (χ1n) is 8.05. The molecule has 2 N–H and O–H groups in total. The molecular weight excluding hydrogens is 308 g/mol. The molecule has 2 rings (SSSR count). The lowest BCUT2D eigenvalue weighted by Gasteiger charge is -2.13. The molecule has 6 heteroatoms. The van der Waals surface area contributed by atoms with E-state index in [-0.39, 0.29) is 12.3 Å². The largest absolute Gasteiger partial charge is 0.480 e. The Morgan fingerprint density at radius 3 is 2.62 bits per heavy atom. The first kappa shape index (κ1) is 17.7. The van der Waals surface area contributed by atoms with Crippen molar-refractivity contribution in [2.24, 2.45) is 0 Å². The van der Waals surface area contributed by atoms with Crippen LogP contribution < -0.4 is 5.32 Å². The van der Waals surface area contributed by atoms with Gasteiger partial charge < -0.3 is 14.8 Å². The van der Waals surface area contributed by atoms with Crippen molar-refractivity contribution in [3.05, 3.63) is 41.8 Å². The van der Waals surface area contributed by atoms with Crippen LogP contribution in [-0.2, 0) is 16.0 Å². The van der Waals surface area contributed by atoms with Crippen molar-refractivity contribution >= 4 is 11.9 Å². The van der Waals surface area contributed by atoms with Crippen LogP contribution in [0.25, 0.3) is 11.5 Å². The summed E-state index contributed by atoms with van der Waals surface area (Å²) in [5.41, 5.74) is 1.35. The number of amides is 1. The average molecular weight is 330 g/mol. The van der Waals surface area contributed by atoms with E-state index in [1.807, 2.05) is 37.3 Å². The first-order valence-corrected chi connectivity index (χ1v) is 8.05. The van der Waals surface area contributed by atoms with E-state index >= 15 is 0 Å². The van der Waals surface area contributed by atoms with Gasteiger partial charge in [0.15, 0.2) is 0 Å². The number of carbonyl (C=O) groups excluding carboxylic acids is 1. The summed E-state index contributed by atoms with van der Waals surface area (Å²) in [5, 5.41) is 11.7. The van der Waals surface area contributed by atoms with Gasteiger partial charge in [-0.3, -0.25) is 4.79 Å². The topological polar surface area (TPSA) is 92.4 Å². The minimum Gasteiger partial charge on any atom is -0.480 e. The van der Waals surface area contributed by atoms with Crippen molar-refractivity contribution in [1.82, 2.24) is 10.3 Å². The number of nitrogens with zero attached hydrogens (tertiary/aromatic N) is 1. The van der Waals surface area contributed by atoms with Crippen LogP contribution in [0.5, 0.6) is 0 Å². The highest BCUT2D eigenvalue weighted by Crippen LogP contribution is 2.21. The smallest absolute Gasteiger partial charge is 0.326 e. The molecule has 1 aromatic heterocycles. The van der Waals surface area contributed by atoms with Crippen molar-refractivity contribution in [2.75, 3.05) is 0 Å². The second-order valence-corrected chi connectivity index (χ2v) is 5.67. The third kappa shape index (κ3) is 4.68. The molecule has 128 valence electrons. The Morgan fingerprint density at radius 2 is 2.00 bits per heavy atom. The van der Waals surface area contributed by atoms with E-state index in [2.05, 4.69) is 10.3 Å². The lowest BCUT2D eigenvalue weighted by atomic mass is 10.1. The van der Waals surface area contributed by atoms with Gasteiger partial charge >= 0.3 is 5.97 Å². The lowest BCUT2D eigenvalue weighted by molar-refractivity contribution is -0.142. The molecule has 0 saturated carbocycles. The van der Waals surface area contributed by atoms with Crippen LogP contribution in [0.15, 0.2) is 34.7 Å². The Kier molecular flexibility index (Phi) is 6.12. The predicted molar refractivity (Wildman–Crippen MR) is 89.5 cm³/mol. The average Bonchev–Trinajstić information content (AvgIpc) is 2.93. The highest BCUT2D eigenvalue weighted by atomic mass is 16.4. The number of nitrogens with one attached hydrogen (secondary N) is 1. The van der Waals surface area contributed by atoms with Crippen molar-refractivity contribution in [3.63, 3.8) is 0 Å². The van der Waals surface area contributed by atoms with E-state index in [0.717, 1.165) is 18.4 Å². The van der Waals surface area contributed by atoms with Gasteiger partial charge in [-0.2, -0.15) is 0 Å². The van der Waals surface area contributed by atoms with Gasteiger partial charge in [-0.05, 0) is 25.5 Å². The molecular formula is C18H22N2O4. The number of aryl methyl sites for hydroxylation is 1. The van der Waals surface area contributed by atoms with Crippen LogP contribution in [0.2, 0.25) is 0 Å². The van der Waals surface area contributed by atoms with Crippen molar-refractivity contribution in [1.29, 1.82) is 0 Å². The van der Waals surface area contributed by atoms with Gasteiger partial charge in [0, 0.05) is 5.56 Å². The fourth-order valence-electron chi connectivity index (χ4n) is 2.36. The summed E-state index contributed by atoms with van der Waals surface area (Å²) < 4.78 is 5.61. The van der Waals surface area contributed by atoms with Gasteiger partial charge in [0.1, 0.15) is 11.8 Å². The molecule has 1 heterocycles. The number of aromatic nitrogens is 1. The van der Waals surface area contributed by atoms with Gasteiger partial charge in [-0.25, -0.2) is 9.78 Å². The van der Waals surface area contributed by atoms with E-state index in [0.29, 0.717) is 23.8 Å². The highest BCUT2D eigenvalue weighted by Gasteiger charge is 2.21. The summed E-state index contributed by atoms with van der Waals surface area (Å²) >= 11 is 0. The van der Waals surface area contributed by atoms with E-state index in [1.165, 1.54) is 0 Å². The lowest BCUT2D eigenvalue weighted by Crippen LogP contribution is -2.41. The van der Waals surface area contributed by atoms with E-state index in [4.69, 9.17) is 4.42 Å². The third-order valence-corrected chi connectivity index (χ3v) is 3.72. The molecule has 0 saturated heterocycles. The molecule has 1 atom stereocenters. The van der Waals surface area contributed by atoms with Crippen LogP contribution in [0.1, 0.15) is 37.6 Å². The fourth-order valence-corrected chi connectivity index (χ4v) is 2.36. The third-order valence-electron chi connectivity index (χ3n) is 3.72. The maximum absolute atomic E-state index is 12.1. The monoisotopic (exact) mass is 330 g/mol. The quantitative estimate of drug-likeness (QED) is 0.776. The molecule has 0 aliphatic heterocycles. The molecule has 0 aliphatic carbocycles. The number of oxazole rings is 1. The SMILES string of the molecule is CCCC[C@H](NC(=O)Cc1nc(-c2ccccc2)oc1C)C(=O)O. The number of carboxylic acids is 1. The Morgan fingerprint density at radius 1 is 1.29 bits per heavy atom. The summed E-state index contributed by atoms with van der Waals surface area (Å²) in [5.74, 6) is -0.366. The number of carboxylic acid groups (broad SMARTS) is 1. The number of aliphatic carboxylic acids is 1. The minimum atomic E-state index is -1.02. The van der Waals surface area contributed by atoms with Gasteiger partial charge in [-0.15, -0.1) is 0 Å². The van der Waals surface area contributed by atoms with Gasteiger partial charge in [0.05, 0.1) is 12.1 Å². The maximum Gasteiger partial charge on any atom is 0.326 e. The van der Waals surface area contributed by atoms with Crippen molar-refractivity contribution in [2.45, 2.75) is 45.6 Å². The molecule has 24 heavy (non-hydrogen) atoms. The van der Waals surface area contributed by atoms with Crippen molar-refractivity contribution < 1.29 is 19.1 Å². The van der Waals surface area contributed by atoms with E-state index in [1.54, 1.807) is 6.92 Å². The summed E-state index contributed by atoms with van der Waals surface area (Å²) in [7, 11) is 0. The zero-order chi connectivity index (χ0) is 17.5. The van der Waals surface area contributed by atoms with Crippen LogP contribution >= 0.6 is 0 Å². The number of hydrogen-bond donors (Lipinski definition) is 2. The Bertz CT molecular complexity index is 694. The summed E-state index contributed by atoms with van der Waals surface area (Å²) in [4.78, 5) is 27.7. The van der Waals surface area contributed by atoms with Crippen LogP contribution in [0, 0.1) is 6.92 Å². The maximum atomic E-state index is 12.1. The van der Waals surface area contributed by atoms with E-state index < -0.39 is 12.0 Å². The molecule has 0 fully saturated rings. The highest BCUT2D eigenvalue weighted by molar-refractivity contribution is 5.84. The second kappa shape index (κ2) is 8.29. The van der Waals surface area contributed by atoms with Crippen LogP contribution in [0.4, 0.5) is 0 Å². The van der Waals surface area contributed by atoms with Crippen LogP contribution in [-0.4, -0.2) is 28.0 Å². The van der Waals surface area contributed by atoms with Gasteiger partial charge in [0.2, 0.25) is 11.8 Å². The Labute approximate surface area is 140 Å². The number of carbonyl (C=O) groups is 2. The molecule has 2 aromatic rings. The molecule has 0 spiro atoms. The zero-order valence-electron chi connectivity index (χ0n) is 13.9. The van der Waals surface area contributed by atoms with Gasteiger partial charge in [0.25, 0.3) is 0 Å². The fraction of sp³-hybridized carbons (Fsp3) is 0.389. The minimum absolute atomic E-state index is 0.00191. The Hall–Kier alpha value is -2.63. The second-order valence-electron chi connectivity index (χ2n) is 5.67. The van der Waals surface area contributed by atoms with Crippen LogP contribution in [0.3, 0.4) is 0 Å². The molecule has 0 radical (unpaired) electrons. The Balaban J connectivity index is 2.04. The first-order chi connectivity index (χ1) is 11.5. The summed E-state index contributed by atoms with van der Waals surface area (Å²) in [6.45, 7) is 3.72. The number of rotatable bonds is 8.